The molecule has 0 aromatic heterocycles. The number of hydrogen-bond acceptors (Lipinski definition) is 6. The van der Waals surface area contributed by atoms with Crippen LogP contribution in [0.15, 0.2) is 29.8 Å². The van der Waals surface area contributed by atoms with Crippen LogP contribution in [0.3, 0.4) is 0 Å². The van der Waals surface area contributed by atoms with E-state index in [2.05, 4.69) is 5.32 Å². The topological polar surface area (TPSA) is 94.6 Å². The van der Waals surface area contributed by atoms with E-state index in [-0.39, 0.29) is 11.9 Å². The van der Waals surface area contributed by atoms with Crippen LogP contribution in [0.5, 0.6) is 0 Å². The fourth-order valence-electron chi connectivity index (χ4n) is 3.27. The van der Waals surface area contributed by atoms with Crippen LogP contribution in [-0.4, -0.2) is 45.0 Å². The van der Waals surface area contributed by atoms with Gasteiger partial charge in [-0.1, -0.05) is 5.57 Å². The second-order valence-corrected chi connectivity index (χ2v) is 6.33. The van der Waals surface area contributed by atoms with Crippen molar-refractivity contribution in [3.05, 3.63) is 35.7 Å². The van der Waals surface area contributed by atoms with Crippen LogP contribution < -0.4 is 20.9 Å². The molecule has 1 aromatic rings. The Morgan fingerprint density at radius 2 is 2.19 bits per heavy atom. The van der Waals surface area contributed by atoms with Crippen molar-refractivity contribution >= 4 is 17.5 Å². The van der Waals surface area contributed by atoms with Crippen LogP contribution in [0.4, 0.5) is 20.6 Å². The lowest BCUT2D eigenvalue weighted by Crippen LogP contribution is -2.34. The summed E-state index contributed by atoms with van der Waals surface area (Å²) in [5, 5.41) is 11.6. The molecule has 0 bridgehead atoms. The summed E-state index contributed by atoms with van der Waals surface area (Å²) in [6.45, 7) is 2.46. The molecular weight excluding hydrogens is 337 g/mol. The molecule has 138 valence electrons. The Balaban J connectivity index is 1.68. The van der Waals surface area contributed by atoms with Gasteiger partial charge in [0.25, 0.3) is 0 Å². The monoisotopic (exact) mass is 359 g/mol. The highest BCUT2D eigenvalue weighted by Gasteiger charge is 2.32. The number of nitrogens with zero attached hydrogens (tertiary/aromatic N) is 3. The van der Waals surface area contributed by atoms with Crippen LogP contribution in [0, 0.1) is 17.1 Å². The van der Waals surface area contributed by atoms with Gasteiger partial charge in [-0.15, -0.1) is 0 Å². The second kappa shape index (κ2) is 8.17. The number of amides is 1. The Bertz CT molecular complexity index is 736. The van der Waals surface area contributed by atoms with Crippen LogP contribution >= 0.6 is 0 Å². The number of nitrogens with two attached hydrogens (primary N) is 1. The zero-order valence-electron chi connectivity index (χ0n) is 14.4. The van der Waals surface area contributed by atoms with Crippen LogP contribution in [0.2, 0.25) is 0 Å². The van der Waals surface area contributed by atoms with E-state index in [0.717, 1.165) is 18.4 Å². The lowest BCUT2D eigenvalue weighted by molar-refractivity contribution is 0.140. The molecule has 7 nitrogen and oxygen atoms in total. The van der Waals surface area contributed by atoms with Crippen molar-refractivity contribution in [2.45, 2.75) is 18.9 Å². The van der Waals surface area contributed by atoms with Crippen LogP contribution in [0.1, 0.15) is 12.8 Å². The zero-order chi connectivity index (χ0) is 18.5. The maximum absolute atomic E-state index is 14.6. The lowest BCUT2D eigenvalue weighted by Gasteiger charge is -2.30. The van der Waals surface area contributed by atoms with Gasteiger partial charge in [0.2, 0.25) is 0 Å². The van der Waals surface area contributed by atoms with Crippen molar-refractivity contribution in [3.63, 3.8) is 0 Å². The summed E-state index contributed by atoms with van der Waals surface area (Å²) >= 11 is 0. The number of carbonyl (C=O) groups is 1. The molecule has 1 atom stereocenters. The van der Waals surface area contributed by atoms with E-state index < -0.39 is 6.09 Å². The molecule has 2 heterocycles. The number of halogens is 1. The first-order valence-electron chi connectivity index (χ1n) is 8.63. The fourth-order valence-corrected chi connectivity index (χ4v) is 3.27. The lowest BCUT2D eigenvalue weighted by atomic mass is 10.0. The van der Waals surface area contributed by atoms with Gasteiger partial charge in [0.05, 0.1) is 24.0 Å². The van der Waals surface area contributed by atoms with E-state index in [1.807, 2.05) is 11.0 Å². The van der Waals surface area contributed by atoms with Gasteiger partial charge >= 0.3 is 6.09 Å². The standard InChI is InChI=1S/C18H22FN5O2/c19-16-9-14(24-11-15(10-22-12-21)26-18(24)25)1-2-17(16)23-7-4-13(3-6-20)5-8-23/h1-3,9,15,22H,4-5,7-8,10-12,21H2/t15-/m0/s1. The van der Waals surface area contributed by atoms with Crippen molar-refractivity contribution in [3.8, 4) is 6.07 Å². The van der Waals surface area contributed by atoms with Crippen molar-refractivity contribution in [1.29, 1.82) is 5.26 Å². The van der Waals surface area contributed by atoms with Crippen molar-refractivity contribution < 1.29 is 13.9 Å². The number of cyclic esters (lactones) is 1. The number of carbonyl (C=O) groups excluding carboxylic acids is 1. The van der Waals surface area contributed by atoms with E-state index in [0.29, 0.717) is 44.2 Å². The average molecular weight is 359 g/mol. The molecular formula is C18H22FN5O2. The van der Waals surface area contributed by atoms with Gasteiger partial charge in [-0.25, -0.2) is 9.18 Å². The van der Waals surface area contributed by atoms with Gasteiger partial charge in [-0.2, -0.15) is 5.26 Å². The van der Waals surface area contributed by atoms with E-state index in [1.165, 1.54) is 11.0 Å². The molecule has 0 aliphatic carbocycles. The van der Waals surface area contributed by atoms with Crippen LogP contribution in [0.25, 0.3) is 0 Å². The summed E-state index contributed by atoms with van der Waals surface area (Å²) in [6, 6.07) is 6.85. The highest BCUT2D eigenvalue weighted by atomic mass is 19.1. The molecule has 1 aromatic carbocycles. The number of benzene rings is 1. The normalized spacial score (nSPS) is 20.1. The first-order valence-corrected chi connectivity index (χ1v) is 8.63. The smallest absolute Gasteiger partial charge is 0.414 e. The molecule has 2 aliphatic heterocycles. The van der Waals surface area contributed by atoms with Gasteiger partial charge in [0.1, 0.15) is 11.9 Å². The minimum atomic E-state index is -0.481. The van der Waals surface area contributed by atoms with Gasteiger partial charge < -0.3 is 20.7 Å². The molecule has 3 N–H and O–H groups in total. The number of anilines is 2. The SMILES string of the molecule is N#CC=C1CCN(c2ccc(N3C[C@H](CNCN)OC3=O)cc2F)CC1. The maximum atomic E-state index is 14.6. The number of allylic oxidation sites excluding steroid dienone is 1. The number of rotatable bonds is 5. The highest BCUT2D eigenvalue weighted by molar-refractivity contribution is 5.90. The Labute approximate surface area is 151 Å². The van der Waals surface area contributed by atoms with Gasteiger partial charge in [-0.05, 0) is 31.0 Å². The molecule has 3 rings (SSSR count). The summed E-state index contributed by atoms with van der Waals surface area (Å²) in [5.41, 5.74) is 7.47. The molecule has 2 saturated heterocycles. The molecule has 1 amide bonds. The predicted octanol–water partition coefficient (Wildman–Crippen LogP) is 1.71. The largest absolute Gasteiger partial charge is 0.443 e. The molecule has 0 saturated carbocycles. The van der Waals surface area contributed by atoms with Crippen molar-refractivity contribution in [2.75, 3.05) is 42.6 Å². The maximum Gasteiger partial charge on any atom is 0.414 e. The van der Waals surface area contributed by atoms with Crippen molar-refractivity contribution in [1.82, 2.24) is 5.32 Å². The summed E-state index contributed by atoms with van der Waals surface area (Å²) in [5.74, 6) is -0.369. The molecule has 0 radical (unpaired) electrons. The third kappa shape index (κ3) is 3.95. The van der Waals surface area contributed by atoms with E-state index in [1.54, 1.807) is 18.2 Å². The Morgan fingerprint density at radius 1 is 1.42 bits per heavy atom. The molecule has 26 heavy (non-hydrogen) atoms. The van der Waals surface area contributed by atoms with Crippen molar-refractivity contribution in [2.24, 2.45) is 5.73 Å². The predicted molar refractivity (Wildman–Crippen MR) is 96.2 cm³/mol. The molecule has 2 fully saturated rings. The Kier molecular flexibility index (Phi) is 5.71. The van der Waals surface area contributed by atoms with Crippen LogP contribution in [-0.2, 0) is 4.74 Å². The van der Waals surface area contributed by atoms with Gasteiger partial charge in [-0.3, -0.25) is 4.90 Å². The first kappa shape index (κ1) is 18.2. The number of hydrogen-bond donors (Lipinski definition) is 2. The zero-order valence-corrected chi connectivity index (χ0v) is 14.4. The van der Waals surface area contributed by atoms with E-state index in [4.69, 9.17) is 15.7 Å². The summed E-state index contributed by atoms with van der Waals surface area (Å²) in [4.78, 5) is 15.4. The molecule has 8 heteroatoms. The Morgan fingerprint density at radius 3 is 2.85 bits per heavy atom. The quantitative estimate of drug-likeness (QED) is 0.614. The van der Waals surface area contributed by atoms with Gasteiger partial charge in [0.15, 0.2) is 0 Å². The Hall–Kier alpha value is -2.63. The molecule has 0 unspecified atom stereocenters. The third-order valence-corrected chi connectivity index (χ3v) is 4.65. The summed E-state index contributed by atoms with van der Waals surface area (Å²) in [6.07, 6.45) is 2.30. The highest BCUT2D eigenvalue weighted by Crippen LogP contribution is 2.30. The number of nitrogens with one attached hydrogen (secondary N) is 1. The first-order chi connectivity index (χ1) is 12.6. The summed E-state index contributed by atoms with van der Waals surface area (Å²) in [7, 11) is 0. The number of nitriles is 1. The van der Waals surface area contributed by atoms with E-state index in [9.17, 15) is 9.18 Å². The summed E-state index contributed by atoms with van der Waals surface area (Å²) < 4.78 is 19.9. The second-order valence-electron chi connectivity index (χ2n) is 6.33. The number of ether oxygens (including phenoxy) is 1. The third-order valence-electron chi connectivity index (χ3n) is 4.65. The van der Waals surface area contributed by atoms with E-state index >= 15 is 0 Å². The fraction of sp³-hybridized carbons (Fsp3) is 0.444. The molecule has 0 spiro atoms. The minimum absolute atomic E-state index is 0.304. The van der Waals surface area contributed by atoms with Gasteiger partial charge in [0, 0.05) is 32.4 Å². The average Bonchev–Trinajstić information content (AvgIpc) is 3.02. The number of piperidine rings is 1. The molecule has 2 aliphatic rings. The minimum Gasteiger partial charge on any atom is -0.443 e.